The Balaban J connectivity index is 1.93. The third-order valence-corrected chi connectivity index (χ3v) is 8.75. The van der Waals surface area contributed by atoms with E-state index in [4.69, 9.17) is 5.11 Å². The summed E-state index contributed by atoms with van der Waals surface area (Å²) < 4.78 is 0. The van der Waals surface area contributed by atoms with E-state index in [1.54, 1.807) is 0 Å². The average Bonchev–Trinajstić information content (AvgIpc) is 2.97. The van der Waals surface area contributed by atoms with Crippen molar-refractivity contribution in [3.8, 4) is 0 Å². The molecule has 9 heteroatoms. The topological polar surface area (TPSA) is 150 Å². The van der Waals surface area contributed by atoms with Gasteiger partial charge in [-0.05, 0) is 57.8 Å². The fourth-order valence-corrected chi connectivity index (χ4v) is 5.91. The predicted molar refractivity (Wildman–Crippen MR) is 169 cm³/mol. The van der Waals surface area contributed by atoms with Crippen LogP contribution in [0.2, 0.25) is 0 Å². The lowest BCUT2D eigenvalue weighted by Gasteiger charge is -2.28. The van der Waals surface area contributed by atoms with Crippen molar-refractivity contribution in [1.29, 1.82) is 0 Å². The van der Waals surface area contributed by atoms with Crippen molar-refractivity contribution in [3.05, 3.63) is 0 Å². The molecule has 2 amide bonds. The lowest BCUT2D eigenvalue weighted by Crippen LogP contribution is -2.44. The van der Waals surface area contributed by atoms with Crippen molar-refractivity contribution in [2.24, 2.45) is 11.8 Å². The smallest absolute Gasteiger partial charge is 0.326 e. The zero-order valence-electron chi connectivity index (χ0n) is 26.8. The molecule has 1 aliphatic rings. The first-order valence-corrected chi connectivity index (χ1v) is 17.2. The molecule has 1 atom stereocenters. The molecule has 0 aliphatic heterocycles. The van der Waals surface area contributed by atoms with E-state index in [0.29, 0.717) is 38.1 Å². The molecule has 9 nitrogen and oxygen atoms in total. The van der Waals surface area contributed by atoms with Crippen LogP contribution in [0.1, 0.15) is 161 Å². The van der Waals surface area contributed by atoms with Gasteiger partial charge in [0.2, 0.25) is 11.8 Å². The minimum Gasteiger partial charge on any atom is -0.481 e. The number of carbonyl (C=O) groups is 5. The Labute approximate surface area is 259 Å². The molecule has 1 saturated carbocycles. The quantitative estimate of drug-likeness (QED) is 0.0737. The third-order valence-electron chi connectivity index (χ3n) is 8.75. The van der Waals surface area contributed by atoms with Gasteiger partial charge >= 0.3 is 11.9 Å². The number of ketones is 1. The summed E-state index contributed by atoms with van der Waals surface area (Å²) in [4.78, 5) is 57.8. The highest BCUT2D eigenvalue weighted by Gasteiger charge is 2.29. The van der Waals surface area contributed by atoms with E-state index in [2.05, 4.69) is 10.6 Å². The number of rotatable bonds is 27. The summed E-state index contributed by atoms with van der Waals surface area (Å²) in [5.41, 5.74) is 0. The Morgan fingerprint density at radius 2 is 1.07 bits per heavy atom. The summed E-state index contributed by atoms with van der Waals surface area (Å²) in [5.74, 6) is -1.89. The number of hydrogen-bond acceptors (Lipinski definition) is 5. The molecule has 43 heavy (non-hydrogen) atoms. The van der Waals surface area contributed by atoms with Gasteiger partial charge in [-0.15, -0.1) is 0 Å². The summed E-state index contributed by atoms with van der Waals surface area (Å²) in [5, 5.41) is 23.6. The van der Waals surface area contributed by atoms with Crippen molar-refractivity contribution in [1.82, 2.24) is 10.6 Å². The first kappa shape index (κ1) is 38.6. The van der Waals surface area contributed by atoms with Crippen LogP contribution in [0, 0.1) is 11.8 Å². The van der Waals surface area contributed by atoms with Crippen LogP contribution in [0.4, 0.5) is 0 Å². The van der Waals surface area contributed by atoms with Crippen LogP contribution in [0.15, 0.2) is 0 Å². The number of carboxylic acid groups (broad SMARTS) is 2. The van der Waals surface area contributed by atoms with Gasteiger partial charge in [-0.3, -0.25) is 14.4 Å². The molecule has 0 heterocycles. The van der Waals surface area contributed by atoms with Gasteiger partial charge in [0.25, 0.3) is 0 Å². The molecule has 1 unspecified atom stereocenters. The van der Waals surface area contributed by atoms with E-state index in [1.165, 1.54) is 77.6 Å². The number of hydrogen-bond donors (Lipinski definition) is 4. The Bertz CT molecular complexity index is 809. The Kier molecular flexibility index (Phi) is 22.4. The number of carboxylic acids is 2. The van der Waals surface area contributed by atoms with Crippen LogP contribution < -0.4 is 10.6 Å². The second kappa shape index (κ2) is 24.9. The number of aliphatic carboxylic acids is 2. The second-order valence-electron chi connectivity index (χ2n) is 12.7. The molecule has 1 rings (SSSR count). The van der Waals surface area contributed by atoms with Crippen molar-refractivity contribution in [2.75, 3.05) is 6.54 Å². The normalized spacial score (nSPS) is 17.2. The number of unbranched alkanes of at least 4 members (excludes halogenated alkanes) is 15. The zero-order chi connectivity index (χ0) is 31.7. The standard InChI is InChI=1S/C34H60N2O7/c1-27(37)20-25-30(34(42)43)36-33(41)29-23-21-28(22-24-29)26-35-31(38)18-16-14-12-10-8-6-4-2-3-5-7-9-11-13-15-17-19-32(39)40/h28-30H,2-26H2,1H3,(H,35,38)(H,36,41)(H,39,40)(H,42,43). The molecule has 0 bridgehead atoms. The maximum absolute atomic E-state index is 12.5. The van der Waals surface area contributed by atoms with E-state index in [9.17, 15) is 29.1 Å². The van der Waals surface area contributed by atoms with E-state index in [-0.39, 0.29) is 36.4 Å². The van der Waals surface area contributed by atoms with Crippen LogP contribution >= 0.6 is 0 Å². The lowest BCUT2D eigenvalue weighted by molar-refractivity contribution is -0.143. The van der Waals surface area contributed by atoms with Gasteiger partial charge < -0.3 is 25.6 Å². The first-order chi connectivity index (χ1) is 20.7. The van der Waals surface area contributed by atoms with Crippen LogP contribution in [0.25, 0.3) is 0 Å². The van der Waals surface area contributed by atoms with Gasteiger partial charge in [0.1, 0.15) is 11.8 Å². The molecule has 0 radical (unpaired) electrons. The lowest BCUT2D eigenvalue weighted by atomic mass is 9.81. The van der Waals surface area contributed by atoms with Gasteiger partial charge in [0, 0.05) is 31.7 Å². The Hall–Kier alpha value is -2.45. The Morgan fingerprint density at radius 1 is 0.628 bits per heavy atom. The zero-order valence-corrected chi connectivity index (χ0v) is 26.8. The summed E-state index contributed by atoms with van der Waals surface area (Å²) in [6.45, 7) is 2.05. The van der Waals surface area contributed by atoms with E-state index in [1.807, 2.05) is 0 Å². The van der Waals surface area contributed by atoms with Gasteiger partial charge in [-0.25, -0.2) is 4.79 Å². The molecule has 0 aromatic carbocycles. The maximum Gasteiger partial charge on any atom is 0.326 e. The monoisotopic (exact) mass is 608 g/mol. The molecule has 0 saturated heterocycles. The first-order valence-electron chi connectivity index (χ1n) is 17.2. The molecule has 1 fully saturated rings. The van der Waals surface area contributed by atoms with Gasteiger partial charge in [-0.1, -0.05) is 89.9 Å². The van der Waals surface area contributed by atoms with E-state index in [0.717, 1.165) is 44.9 Å². The summed E-state index contributed by atoms with van der Waals surface area (Å²) in [6, 6.07) is -1.03. The second-order valence-corrected chi connectivity index (χ2v) is 12.7. The van der Waals surface area contributed by atoms with Crippen LogP contribution in [-0.4, -0.2) is 52.3 Å². The fraction of sp³-hybridized carbons (Fsp3) is 0.853. The van der Waals surface area contributed by atoms with Crippen LogP contribution in [0.5, 0.6) is 0 Å². The predicted octanol–water partition coefficient (Wildman–Crippen LogP) is 6.95. The Morgan fingerprint density at radius 3 is 1.49 bits per heavy atom. The fourth-order valence-electron chi connectivity index (χ4n) is 5.91. The highest BCUT2D eigenvalue weighted by atomic mass is 16.4. The number of nitrogens with one attached hydrogen (secondary N) is 2. The molecular formula is C34H60N2O7. The van der Waals surface area contributed by atoms with Crippen molar-refractivity contribution in [3.63, 3.8) is 0 Å². The van der Waals surface area contributed by atoms with Gasteiger partial charge in [0.05, 0.1) is 0 Å². The largest absolute Gasteiger partial charge is 0.481 e. The summed E-state index contributed by atoms with van der Waals surface area (Å²) >= 11 is 0. The van der Waals surface area contributed by atoms with E-state index >= 15 is 0 Å². The highest BCUT2D eigenvalue weighted by molar-refractivity contribution is 5.85. The molecule has 248 valence electrons. The van der Waals surface area contributed by atoms with Gasteiger partial charge in [0.15, 0.2) is 0 Å². The molecule has 0 aromatic heterocycles. The van der Waals surface area contributed by atoms with E-state index < -0.39 is 18.0 Å². The molecule has 0 aromatic rings. The van der Waals surface area contributed by atoms with Crippen molar-refractivity contribution >= 4 is 29.5 Å². The van der Waals surface area contributed by atoms with Crippen molar-refractivity contribution < 1.29 is 34.2 Å². The number of amides is 2. The summed E-state index contributed by atoms with van der Waals surface area (Å²) in [7, 11) is 0. The van der Waals surface area contributed by atoms with Crippen molar-refractivity contribution in [2.45, 2.75) is 167 Å². The summed E-state index contributed by atoms with van der Waals surface area (Å²) in [6.07, 6.45) is 23.3. The maximum atomic E-state index is 12.5. The third kappa shape index (κ3) is 21.8. The van der Waals surface area contributed by atoms with Crippen LogP contribution in [0.3, 0.4) is 0 Å². The number of carbonyl (C=O) groups excluding carboxylic acids is 3. The highest BCUT2D eigenvalue weighted by Crippen LogP contribution is 2.29. The van der Waals surface area contributed by atoms with Crippen LogP contribution in [-0.2, 0) is 24.0 Å². The van der Waals surface area contributed by atoms with Gasteiger partial charge in [-0.2, -0.15) is 0 Å². The molecular weight excluding hydrogens is 548 g/mol. The minimum absolute atomic E-state index is 0.0937. The molecule has 0 spiro atoms. The average molecular weight is 609 g/mol. The number of Topliss-reactive ketones (excluding diaryl/α,β-unsaturated/α-hetero) is 1. The molecule has 1 aliphatic carbocycles. The molecule has 4 N–H and O–H groups in total. The minimum atomic E-state index is -1.11. The SMILES string of the molecule is CC(=O)CCC(NC(=O)C1CCC(CNC(=O)CCCCCCCCCCCCCCCCCCC(=O)O)CC1)C(=O)O.